The van der Waals surface area contributed by atoms with Gasteiger partial charge in [-0.3, -0.25) is 4.79 Å². The Morgan fingerprint density at radius 3 is 2.21 bits per heavy atom. The van der Waals surface area contributed by atoms with Gasteiger partial charge in [0, 0.05) is 10.5 Å². The maximum atomic E-state index is 12.3. The highest BCUT2D eigenvalue weighted by atomic mass is 16.1. The van der Waals surface area contributed by atoms with Gasteiger partial charge in [-0.15, -0.1) is 0 Å². The number of carbonyl (C=O) groups excluding carboxylic acids is 1. The number of Topliss-reactive ketones (excluding diaryl/α,β-unsaturated/α-hetero) is 1. The molecule has 1 atom stereocenters. The number of rotatable bonds is 5. The topological polar surface area (TPSA) is 65.8 Å². The Bertz CT molecular complexity index is 589. The average molecular weight is 251 g/mol. The van der Waals surface area contributed by atoms with Crippen LogP contribution in [0.25, 0.3) is 10.4 Å². The molecular weight excluding hydrogens is 238 g/mol. The molecule has 1 unspecified atom stereocenters. The van der Waals surface area contributed by atoms with E-state index >= 15 is 0 Å². The normalized spacial score (nSPS) is 11.4. The fraction of sp³-hybridized carbons (Fsp3) is 0.133. The lowest BCUT2D eigenvalue weighted by molar-refractivity contribution is 0.0961. The van der Waals surface area contributed by atoms with Crippen LogP contribution in [0, 0.1) is 0 Å². The van der Waals surface area contributed by atoms with Crippen LogP contribution in [0.15, 0.2) is 65.8 Å². The number of ketones is 1. The minimum atomic E-state index is -0.699. The van der Waals surface area contributed by atoms with E-state index in [1.165, 1.54) is 0 Å². The second kappa shape index (κ2) is 6.38. The second-order valence-electron chi connectivity index (χ2n) is 4.14. The van der Waals surface area contributed by atoms with E-state index in [1.807, 2.05) is 36.4 Å². The number of azide groups is 1. The molecule has 0 heterocycles. The summed E-state index contributed by atoms with van der Waals surface area (Å²) in [6.45, 7) is 0. The Balaban J connectivity index is 2.21. The third-order valence-corrected chi connectivity index (χ3v) is 2.82. The summed E-state index contributed by atoms with van der Waals surface area (Å²) < 4.78 is 0. The van der Waals surface area contributed by atoms with Gasteiger partial charge in [0.15, 0.2) is 5.78 Å². The lowest BCUT2D eigenvalue weighted by atomic mass is 9.98. The lowest BCUT2D eigenvalue weighted by Gasteiger charge is -2.10. The molecule has 0 bridgehead atoms. The van der Waals surface area contributed by atoms with Gasteiger partial charge in [0.1, 0.15) is 6.04 Å². The zero-order valence-corrected chi connectivity index (χ0v) is 10.3. The first kappa shape index (κ1) is 12.9. The Hall–Kier alpha value is -2.58. The third kappa shape index (κ3) is 3.44. The van der Waals surface area contributed by atoms with Gasteiger partial charge in [-0.05, 0) is 17.5 Å². The van der Waals surface area contributed by atoms with Crippen LogP contribution in [0.4, 0.5) is 0 Å². The molecule has 2 aromatic rings. The molecule has 0 radical (unpaired) electrons. The molecule has 0 aromatic heterocycles. The van der Waals surface area contributed by atoms with Crippen LogP contribution in [-0.4, -0.2) is 11.8 Å². The highest BCUT2D eigenvalue weighted by Gasteiger charge is 2.18. The molecule has 0 aliphatic heterocycles. The van der Waals surface area contributed by atoms with Crippen LogP contribution >= 0.6 is 0 Å². The Morgan fingerprint density at radius 1 is 1.05 bits per heavy atom. The standard InChI is InChI=1S/C15H13N3O/c16-18-17-14(11-12-7-3-1-4-8-12)15(19)13-9-5-2-6-10-13/h1-10,14H,11H2. The minimum absolute atomic E-state index is 0.151. The zero-order chi connectivity index (χ0) is 13.5. The molecule has 0 amide bonds. The average Bonchev–Trinajstić information content (AvgIpc) is 2.48. The van der Waals surface area contributed by atoms with Crippen molar-refractivity contribution in [1.82, 2.24) is 0 Å². The summed E-state index contributed by atoms with van der Waals surface area (Å²) in [5, 5.41) is 3.63. The van der Waals surface area contributed by atoms with Gasteiger partial charge in [-0.2, -0.15) is 0 Å². The SMILES string of the molecule is [N-]=[N+]=NC(Cc1ccccc1)C(=O)c1ccccc1. The minimum Gasteiger partial charge on any atom is -0.294 e. The van der Waals surface area contributed by atoms with Crippen LogP contribution in [0.3, 0.4) is 0 Å². The van der Waals surface area contributed by atoms with Gasteiger partial charge in [-0.25, -0.2) is 0 Å². The van der Waals surface area contributed by atoms with E-state index in [1.54, 1.807) is 24.3 Å². The van der Waals surface area contributed by atoms with Crippen molar-refractivity contribution >= 4 is 5.78 Å². The van der Waals surface area contributed by atoms with Crippen molar-refractivity contribution in [2.24, 2.45) is 5.11 Å². The van der Waals surface area contributed by atoms with E-state index in [4.69, 9.17) is 5.53 Å². The van der Waals surface area contributed by atoms with Crippen molar-refractivity contribution < 1.29 is 4.79 Å². The van der Waals surface area contributed by atoms with E-state index in [9.17, 15) is 4.79 Å². The summed E-state index contributed by atoms with van der Waals surface area (Å²) in [5.41, 5.74) is 10.2. The van der Waals surface area contributed by atoms with Crippen molar-refractivity contribution in [3.63, 3.8) is 0 Å². The fourth-order valence-corrected chi connectivity index (χ4v) is 1.88. The van der Waals surface area contributed by atoms with Gasteiger partial charge >= 0.3 is 0 Å². The van der Waals surface area contributed by atoms with Crippen molar-refractivity contribution in [1.29, 1.82) is 0 Å². The molecule has 0 saturated heterocycles. The highest BCUT2D eigenvalue weighted by Crippen LogP contribution is 2.12. The van der Waals surface area contributed by atoms with E-state index in [0.29, 0.717) is 12.0 Å². The first-order valence-corrected chi connectivity index (χ1v) is 5.98. The Morgan fingerprint density at radius 2 is 1.63 bits per heavy atom. The van der Waals surface area contributed by atoms with Gasteiger partial charge in [0.2, 0.25) is 0 Å². The summed E-state index contributed by atoms with van der Waals surface area (Å²) in [7, 11) is 0. The Labute approximate surface area is 111 Å². The van der Waals surface area contributed by atoms with E-state index < -0.39 is 6.04 Å². The molecule has 4 nitrogen and oxygen atoms in total. The summed E-state index contributed by atoms with van der Waals surface area (Å²) in [4.78, 5) is 15.1. The molecule has 0 fully saturated rings. The molecule has 0 N–H and O–H groups in total. The van der Waals surface area contributed by atoms with Crippen LogP contribution < -0.4 is 0 Å². The predicted octanol–water partition coefficient (Wildman–Crippen LogP) is 3.79. The summed E-state index contributed by atoms with van der Waals surface area (Å²) in [6.07, 6.45) is 0.415. The number of carbonyl (C=O) groups is 1. The van der Waals surface area contributed by atoms with Gasteiger partial charge < -0.3 is 0 Å². The smallest absolute Gasteiger partial charge is 0.172 e. The summed E-state index contributed by atoms with van der Waals surface area (Å²) in [6, 6.07) is 17.7. The van der Waals surface area contributed by atoms with Crippen molar-refractivity contribution in [3.8, 4) is 0 Å². The van der Waals surface area contributed by atoms with E-state index in [-0.39, 0.29) is 5.78 Å². The molecular formula is C15H13N3O. The van der Waals surface area contributed by atoms with Crippen LogP contribution in [0.1, 0.15) is 15.9 Å². The maximum Gasteiger partial charge on any atom is 0.172 e. The predicted molar refractivity (Wildman–Crippen MR) is 73.9 cm³/mol. The molecule has 0 aliphatic rings. The molecule has 94 valence electrons. The first-order valence-electron chi connectivity index (χ1n) is 5.98. The molecule has 0 spiro atoms. The zero-order valence-electron chi connectivity index (χ0n) is 10.3. The van der Waals surface area contributed by atoms with E-state index in [0.717, 1.165) is 5.56 Å². The van der Waals surface area contributed by atoms with Gasteiger partial charge in [0.25, 0.3) is 0 Å². The number of hydrogen-bond donors (Lipinski definition) is 0. The monoisotopic (exact) mass is 251 g/mol. The maximum absolute atomic E-state index is 12.3. The molecule has 4 heteroatoms. The number of nitrogens with zero attached hydrogens (tertiary/aromatic N) is 3. The molecule has 2 aromatic carbocycles. The molecule has 19 heavy (non-hydrogen) atoms. The van der Waals surface area contributed by atoms with Crippen molar-refractivity contribution in [2.45, 2.75) is 12.5 Å². The summed E-state index contributed by atoms with van der Waals surface area (Å²) >= 11 is 0. The first-order chi connectivity index (χ1) is 9.31. The van der Waals surface area contributed by atoms with E-state index in [2.05, 4.69) is 10.0 Å². The van der Waals surface area contributed by atoms with Crippen LogP contribution in [-0.2, 0) is 6.42 Å². The van der Waals surface area contributed by atoms with Crippen molar-refractivity contribution in [3.05, 3.63) is 82.2 Å². The fourth-order valence-electron chi connectivity index (χ4n) is 1.88. The molecule has 0 saturated carbocycles. The summed E-state index contributed by atoms with van der Waals surface area (Å²) in [5.74, 6) is -0.151. The Kier molecular flexibility index (Phi) is 4.32. The third-order valence-electron chi connectivity index (χ3n) is 2.82. The number of benzene rings is 2. The molecule has 2 rings (SSSR count). The van der Waals surface area contributed by atoms with Crippen LogP contribution in [0.5, 0.6) is 0 Å². The second-order valence-corrected chi connectivity index (χ2v) is 4.14. The number of hydrogen-bond acceptors (Lipinski definition) is 2. The lowest BCUT2D eigenvalue weighted by Crippen LogP contribution is -2.20. The largest absolute Gasteiger partial charge is 0.294 e. The van der Waals surface area contributed by atoms with Gasteiger partial charge in [-0.1, -0.05) is 65.8 Å². The van der Waals surface area contributed by atoms with Crippen molar-refractivity contribution in [2.75, 3.05) is 0 Å². The highest BCUT2D eigenvalue weighted by molar-refractivity contribution is 6.00. The quantitative estimate of drug-likeness (QED) is 0.345. The molecule has 0 aliphatic carbocycles. The van der Waals surface area contributed by atoms with Crippen LogP contribution in [0.2, 0.25) is 0 Å². The van der Waals surface area contributed by atoms with Gasteiger partial charge in [0.05, 0.1) is 0 Å².